The Labute approximate surface area is 128 Å². The summed E-state index contributed by atoms with van der Waals surface area (Å²) in [6, 6.07) is 5.23. The molecule has 2 aromatic heterocycles. The number of aromatic hydroxyl groups is 1. The van der Waals surface area contributed by atoms with Gasteiger partial charge < -0.3 is 9.67 Å². The summed E-state index contributed by atoms with van der Waals surface area (Å²) >= 11 is 6.04. The van der Waals surface area contributed by atoms with Crippen molar-refractivity contribution in [2.45, 2.75) is 27.7 Å². The predicted molar refractivity (Wildman–Crippen MR) is 84.5 cm³/mol. The highest BCUT2D eigenvalue weighted by Gasteiger charge is 2.17. The molecular weight excluding hydrogens is 286 g/mol. The molecule has 0 aliphatic carbocycles. The second-order valence-corrected chi connectivity index (χ2v) is 5.67. The Morgan fingerprint density at radius 1 is 0.952 bits per heavy atom. The molecule has 0 spiro atoms. The van der Waals surface area contributed by atoms with Crippen LogP contribution in [0.15, 0.2) is 18.2 Å². The number of fused-ring (bicyclic) bond motifs is 1. The highest BCUT2D eigenvalue weighted by Crippen LogP contribution is 2.33. The van der Waals surface area contributed by atoms with Crippen molar-refractivity contribution in [2.24, 2.45) is 0 Å². The zero-order valence-electron chi connectivity index (χ0n) is 12.4. The van der Waals surface area contributed by atoms with E-state index in [2.05, 4.69) is 28.6 Å². The molecule has 108 valence electrons. The Balaban J connectivity index is 2.41. The smallest absolute Gasteiger partial charge is 0.134 e. The lowest BCUT2D eigenvalue weighted by atomic mass is 10.1. The lowest BCUT2D eigenvalue weighted by Crippen LogP contribution is -1.98. The van der Waals surface area contributed by atoms with E-state index in [0.29, 0.717) is 5.02 Å². The molecule has 0 saturated heterocycles. The van der Waals surface area contributed by atoms with E-state index in [9.17, 15) is 5.11 Å². The number of aryl methyl sites for hydroxylation is 4. The van der Waals surface area contributed by atoms with Crippen LogP contribution in [-0.2, 0) is 0 Å². The minimum atomic E-state index is 0.0862. The molecule has 3 aromatic rings. The number of halogens is 1. The number of phenolic OH excluding ortho intramolecular Hbond substituents is 1. The molecule has 3 rings (SSSR count). The lowest BCUT2D eigenvalue weighted by molar-refractivity contribution is 0.475. The summed E-state index contributed by atoms with van der Waals surface area (Å²) in [4.78, 5) is 0. The Hall–Kier alpha value is -2.07. The predicted octanol–water partition coefficient (Wildman–Crippen LogP) is 4.01. The summed E-state index contributed by atoms with van der Waals surface area (Å²) in [5, 5.41) is 20.6. The monoisotopic (exact) mass is 301 g/mol. The zero-order chi connectivity index (χ0) is 15.3. The molecule has 0 bridgehead atoms. The van der Waals surface area contributed by atoms with E-state index in [1.807, 2.05) is 19.9 Å². The van der Waals surface area contributed by atoms with Gasteiger partial charge in [-0.2, -0.15) is 10.2 Å². The highest BCUT2D eigenvalue weighted by atomic mass is 35.5. The van der Waals surface area contributed by atoms with Crippen molar-refractivity contribution in [1.29, 1.82) is 0 Å². The maximum atomic E-state index is 9.60. The Morgan fingerprint density at radius 2 is 1.48 bits per heavy atom. The lowest BCUT2D eigenvalue weighted by Gasteiger charge is -2.10. The van der Waals surface area contributed by atoms with Crippen LogP contribution in [0.3, 0.4) is 0 Å². The van der Waals surface area contributed by atoms with Crippen molar-refractivity contribution < 1.29 is 5.11 Å². The van der Waals surface area contributed by atoms with Crippen LogP contribution in [0.4, 0.5) is 0 Å². The second-order valence-electron chi connectivity index (χ2n) is 5.26. The Morgan fingerprint density at radius 3 is 1.95 bits per heavy atom. The van der Waals surface area contributed by atoms with Gasteiger partial charge in [-0.1, -0.05) is 11.6 Å². The maximum Gasteiger partial charge on any atom is 0.134 e. The fraction of sp³-hybridized carbons (Fsp3) is 0.250. The Kier molecular flexibility index (Phi) is 3.14. The number of nitrogens with zero attached hydrogens (tertiary/aromatic N) is 3. The van der Waals surface area contributed by atoms with Gasteiger partial charge in [0.05, 0.1) is 16.4 Å². The van der Waals surface area contributed by atoms with Gasteiger partial charge in [0.2, 0.25) is 0 Å². The van der Waals surface area contributed by atoms with Crippen LogP contribution in [-0.4, -0.2) is 19.9 Å². The van der Waals surface area contributed by atoms with Gasteiger partial charge >= 0.3 is 0 Å². The van der Waals surface area contributed by atoms with Crippen LogP contribution in [0, 0.1) is 27.7 Å². The van der Waals surface area contributed by atoms with Gasteiger partial charge in [-0.05, 0) is 45.9 Å². The molecule has 0 aliphatic rings. The summed E-state index contributed by atoms with van der Waals surface area (Å²) < 4.78 is 2.12. The molecule has 5 heteroatoms. The number of rotatable bonds is 1. The van der Waals surface area contributed by atoms with Crippen LogP contribution in [0.5, 0.6) is 5.75 Å². The first kappa shape index (κ1) is 13.9. The van der Waals surface area contributed by atoms with Gasteiger partial charge in [-0.25, -0.2) is 0 Å². The first-order valence-electron chi connectivity index (χ1n) is 6.72. The molecule has 0 aliphatic heterocycles. The molecule has 0 fully saturated rings. The molecule has 0 unspecified atom stereocenters. The van der Waals surface area contributed by atoms with Crippen molar-refractivity contribution in [3.63, 3.8) is 0 Å². The molecule has 4 nitrogen and oxygen atoms in total. The van der Waals surface area contributed by atoms with E-state index in [4.69, 9.17) is 11.6 Å². The first-order chi connectivity index (χ1) is 9.91. The Bertz CT molecular complexity index is 823. The quantitative estimate of drug-likeness (QED) is 0.739. The van der Waals surface area contributed by atoms with E-state index < -0.39 is 0 Å². The first-order valence-corrected chi connectivity index (χ1v) is 7.10. The van der Waals surface area contributed by atoms with Crippen molar-refractivity contribution in [3.8, 4) is 11.4 Å². The number of aromatic nitrogens is 3. The minimum Gasteiger partial charge on any atom is -0.506 e. The summed E-state index contributed by atoms with van der Waals surface area (Å²) in [5.41, 5.74) is 4.95. The molecular formula is C16H16ClN3O. The number of phenols is 1. The average molecular weight is 302 g/mol. The molecule has 21 heavy (non-hydrogen) atoms. The molecule has 1 N–H and O–H groups in total. The van der Waals surface area contributed by atoms with Crippen molar-refractivity contribution >= 4 is 22.4 Å². The van der Waals surface area contributed by atoms with Gasteiger partial charge in [0.1, 0.15) is 5.75 Å². The topological polar surface area (TPSA) is 50.9 Å². The van der Waals surface area contributed by atoms with Gasteiger partial charge in [0.15, 0.2) is 0 Å². The van der Waals surface area contributed by atoms with Crippen molar-refractivity contribution in [3.05, 3.63) is 46.0 Å². The fourth-order valence-corrected chi connectivity index (χ4v) is 3.17. The standard InChI is InChI=1S/C16H16ClN3O/c1-8-15-10(3)20(11(4)16(15)9(2)19-18-8)12-5-6-14(21)13(17)7-12/h5-7,21H,1-4H3. The summed E-state index contributed by atoms with van der Waals surface area (Å²) in [5.74, 6) is 0.0862. The summed E-state index contributed by atoms with van der Waals surface area (Å²) in [6.07, 6.45) is 0. The van der Waals surface area contributed by atoms with E-state index >= 15 is 0 Å². The molecule has 0 atom stereocenters. The van der Waals surface area contributed by atoms with Crippen LogP contribution in [0.1, 0.15) is 22.8 Å². The maximum absolute atomic E-state index is 9.60. The van der Waals surface area contributed by atoms with Crippen LogP contribution in [0.25, 0.3) is 16.5 Å². The third-order valence-electron chi connectivity index (χ3n) is 3.91. The molecule has 1 aromatic carbocycles. The summed E-state index contributed by atoms with van der Waals surface area (Å²) in [7, 11) is 0. The minimum absolute atomic E-state index is 0.0862. The molecule has 2 heterocycles. The largest absolute Gasteiger partial charge is 0.506 e. The van der Waals surface area contributed by atoms with E-state index in [1.165, 1.54) is 0 Å². The van der Waals surface area contributed by atoms with Crippen LogP contribution < -0.4 is 0 Å². The summed E-state index contributed by atoms with van der Waals surface area (Å²) in [6.45, 7) is 8.05. The molecule has 0 saturated carbocycles. The van der Waals surface area contributed by atoms with Crippen molar-refractivity contribution in [1.82, 2.24) is 14.8 Å². The SMILES string of the molecule is Cc1nnc(C)c2c(C)n(-c3ccc(O)c(Cl)c3)c(C)c12. The molecule has 0 amide bonds. The normalized spacial score (nSPS) is 11.3. The highest BCUT2D eigenvalue weighted by molar-refractivity contribution is 6.32. The number of hydrogen-bond acceptors (Lipinski definition) is 3. The van der Waals surface area contributed by atoms with Gasteiger partial charge in [-0.15, -0.1) is 0 Å². The number of benzene rings is 1. The van der Waals surface area contributed by atoms with E-state index in [0.717, 1.165) is 39.2 Å². The van der Waals surface area contributed by atoms with Crippen LogP contribution in [0.2, 0.25) is 5.02 Å². The number of hydrogen-bond donors (Lipinski definition) is 1. The van der Waals surface area contributed by atoms with Gasteiger partial charge in [-0.3, -0.25) is 0 Å². The zero-order valence-corrected chi connectivity index (χ0v) is 13.2. The third kappa shape index (κ3) is 1.98. The van der Waals surface area contributed by atoms with E-state index in [1.54, 1.807) is 12.1 Å². The molecule has 0 radical (unpaired) electrons. The van der Waals surface area contributed by atoms with Crippen LogP contribution >= 0.6 is 11.6 Å². The second kappa shape index (κ2) is 4.74. The van der Waals surface area contributed by atoms with Gasteiger partial charge in [0, 0.05) is 27.8 Å². The van der Waals surface area contributed by atoms with Gasteiger partial charge in [0.25, 0.3) is 0 Å². The van der Waals surface area contributed by atoms with Crippen molar-refractivity contribution in [2.75, 3.05) is 0 Å². The third-order valence-corrected chi connectivity index (χ3v) is 4.21. The average Bonchev–Trinajstić information content (AvgIpc) is 2.70. The fourth-order valence-electron chi connectivity index (χ4n) is 2.99. The van der Waals surface area contributed by atoms with E-state index in [-0.39, 0.29) is 5.75 Å².